The maximum Gasteiger partial charge on any atom is 0.337 e. The zero-order valence-corrected chi connectivity index (χ0v) is 14.0. The number of esters is 1. The summed E-state index contributed by atoms with van der Waals surface area (Å²) in [6, 6.07) is 6.26. The molecular formula is C17H22N2O5. The fraction of sp³-hybridized carbons (Fsp3) is 0.353. The van der Waals surface area contributed by atoms with E-state index in [4.69, 9.17) is 4.74 Å². The first-order chi connectivity index (χ1) is 11.5. The Balaban J connectivity index is 2.55. The Morgan fingerprint density at radius 3 is 2.38 bits per heavy atom. The second kappa shape index (κ2) is 10.2. The van der Waals surface area contributed by atoms with Gasteiger partial charge in [-0.05, 0) is 37.6 Å². The van der Waals surface area contributed by atoms with E-state index in [0.29, 0.717) is 30.8 Å². The number of carbonyl (C=O) groups excluding carboxylic acids is 3. The molecule has 130 valence electrons. The summed E-state index contributed by atoms with van der Waals surface area (Å²) in [7, 11) is 2.89. The van der Waals surface area contributed by atoms with E-state index in [2.05, 4.69) is 15.4 Å². The Morgan fingerprint density at radius 1 is 1.12 bits per heavy atom. The van der Waals surface area contributed by atoms with Crippen molar-refractivity contribution in [3.8, 4) is 0 Å². The van der Waals surface area contributed by atoms with Crippen molar-refractivity contribution in [2.45, 2.75) is 13.3 Å². The van der Waals surface area contributed by atoms with Crippen LogP contribution in [-0.4, -0.2) is 45.2 Å². The van der Waals surface area contributed by atoms with Gasteiger partial charge in [-0.15, -0.1) is 0 Å². The highest BCUT2D eigenvalue weighted by molar-refractivity contribution is 6.07. The van der Waals surface area contributed by atoms with Crippen molar-refractivity contribution in [2.75, 3.05) is 32.7 Å². The quantitative estimate of drug-likeness (QED) is 0.427. The van der Waals surface area contributed by atoms with Gasteiger partial charge in [-0.2, -0.15) is 0 Å². The first-order valence-electron chi connectivity index (χ1n) is 7.42. The molecule has 0 saturated heterocycles. The fourth-order valence-corrected chi connectivity index (χ4v) is 1.78. The molecule has 1 rings (SSSR count). The molecule has 0 aliphatic rings. The van der Waals surface area contributed by atoms with Crippen LogP contribution >= 0.6 is 0 Å². The van der Waals surface area contributed by atoms with Crippen molar-refractivity contribution in [1.29, 1.82) is 0 Å². The summed E-state index contributed by atoms with van der Waals surface area (Å²) >= 11 is 0. The van der Waals surface area contributed by atoms with Gasteiger partial charge in [-0.3, -0.25) is 9.59 Å². The molecule has 1 aromatic rings. The molecule has 2 N–H and O–H groups in total. The van der Waals surface area contributed by atoms with Gasteiger partial charge in [0.2, 0.25) is 5.91 Å². The van der Waals surface area contributed by atoms with E-state index in [0.717, 1.165) is 0 Å². The lowest BCUT2D eigenvalue weighted by atomic mass is 10.2. The number of carbonyl (C=O) groups is 3. The van der Waals surface area contributed by atoms with Crippen LogP contribution in [-0.2, 0) is 19.1 Å². The summed E-state index contributed by atoms with van der Waals surface area (Å²) in [5.74, 6) is -1.18. The van der Waals surface area contributed by atoms with Gasteiger partial charge in [0.05, 0.1) is 12.7 Å². The average Bonchev–Trinajstić information content (AvgIpc) is 2.58. The van der Waals surface area contributed by atoms with E-state index in [-0.39, 0.29) is 11.5 Å². The van der Waals surface area contributed by atoms with Crippen LogP contribution in [0.25, 0.3) is 0 Å². The van der Waals surface area contributed by atoms with E-state index >= 15 is 0 Å². The van der Waals surface area contributed by atoms with Gasteiger partial charge >= 0.3 is 5.97 Å². The largest absolute Gasteiger partial charge is 0.465 e. The number of hydrogen-bond acceptors (Lipinski definition) is 5. The molecule has 0 spiro atoms. The Morgan fingerprint density at radius 2 is 1.79 bits per heavy atom. The fourth-order valence-electron chi connectivity index (χ4n) is 1.78. The zero-order chi connectivity index (χ0) is 17.9. The first kappa shape index (κ1) is 19.4. The lowest BCUT2D eigenvalue weighted by Gasteiger charge is -2.07. The molecule has 24 heavy (non-hydrogen) atoms. The van der Waals surface area contributed by atoms with Gasteiger partial charge in [-0.25, -0.2) is 4.79 Å². The zero-order valence-electron chi connectivity index (χ0n) is 14.0. The van der Waals surface area contributed by atoms with E-state index in [1.807, 2.05) is 0 Å². The van der Waals surface area contributed by atoms with Crippen molar-refractivity contribution < 1.29 is 23.9 Å². The number of anilines is 1. The summed E-state index contributed by atoms with van der Waals surface area (Å²) in [6.07, 6.45) is 1.94. The second-order valence-electron chi connectivity index (χ2n) is 4.99. The Labute approximate surface area is 141 Å². The molecule has 0 aromatic heterocycles. The molecule has 0 atom stereocenters. The Kier molecular flexibility index (Phi) is 8.21. The predicted octanol–water partition coefficient (Wildman–Crippen LogP) is 1.51. The third-order valence-electron chi connectivity index (χ3n) is 3.09. The van der Waals surface area contributed by atoms with E-state index in [1.165, 1.54) is 13.2 Å². The third-order valence-corrected chi connectivity index (χ3v) is 3.09. The van der Waals surface area contributed by atoms with E-state index in [9.17, 15) is 14.4 Å². The van der Waals surface area contributed by atoms with Crippen molar-refractivity contribution in [3.05, 3.63) is 41.5 Å². The molecule has 7 heteroatoms. The SMILES string of the molecule is COCCCNC(=O)/C=C(\C)C(=O)Nc1ccc(C(=O)OC)cc1. The predicted molar refractivity (Wildman–Crippen MR) is 89.7 cm³/mol. The number of amides is 2. The Hall–Kier alpha value is -2.67. The van der Waals surface area contributed by atoms with Crippen LogP contribution in [0.3, 0.4) is 0 Å². The minimum Gasteiger partial charge on any atom is -0.465 e. The van der Waals surface area contributed by atoms with Crippen LogP contribution in [0, 0.1) is 0 Å². The molecule has 0 fully saturated rings. The van der Waals surface area contributed by atoms with Crippen LogP contribution < -0.4 is 10.6 Å². The maximum absolute atomic E-state index is 12.0. The maximum atomic E-state index is 12.0. The van der Waals surface area contributed by atoms with Gasteiger partial charge in [-0.1, -0.05) is 0 Å². The summed E-state index contributed by atoms with van der Waals surface area (Å²) in [5.41, 5.74) is 1.18. The molecule has 0 heterocycles. The standard InChI is InChI=1S/C17H22N2O5/c1-12(11-15(20)18-9-4-10-23-2)16(21)19-14-7-5-13(6-8-14)17(22)24-3/h5-8,11H,4,9-10H2,1-3H3,(H,18,20)(H,19,21)/b12-11+. The van der Waals surface area contributed by atoms with Gasteiger partial charge in [0.25, 0.3) is 5.91 Å². The number of methoxy groups -OCH3 is 2. The normalized spacial score (nSPS) is 10.9. The second-order valence-corrected chi connectivity index (χ2v) is 4.99. The molecule has 0 aliphatic heterocycles. The van der Waals surface area contributed by atoms with Crippen molar-refractivity contribution >= 4 is 23.5 Å². The molecule has 2 amide bonds. The summed E-state index contributed by atoms with van der Waals surface area (Å²) in [5, 5.41) is 5.32. The highest BCUT2D eigenvalue weighted by atomic mass is 16.5. The minimum atomic E-state index is -0.450. The number of nitrogens with one attached hydrogen (secondary N) is 2. The molecule has 7 nitrogen and oxygen atoms in total. The monoisotopic (exact) mass is 334 g/mol. The molecular weight excluding hydrogens is 312 g/mol. The van der Waals surface area contributed by atoms with Crippen LogP contribution in [0.15, 0.2) is 35.9 Å². The average molecular weight is 334 g/mol. The van der Waals surface area contributed by atoms with Crippen LogP contribution in [0.4, 0.5) is 5.69 Å². The lowest BCUT2D eigenvalue weighted by molar-refractivity contribution is -0.117. The molecule has 0 radical (unpaired) electrons. The number of rotatable bonds is 8. The molecule has 1 aromatic carbocycles. The summed E-state index contributed by atoms with van der Waals surface area (Å²) in [6.45, 7) is 2.59. The third kappa shape index (κ3) is 6.62. The van der Waals surface area contributed by atoms with Crippen LogP contribution in [0.1, 0.15) is 23.7 Å². The van der Waals surface area contributed by atoms with Gasteiger partial charge in [0.1, 0.15) is 0 Å². The topological polar surface area (TPSA) is 93.7 Å². The molecule has 0 aliphatic carbocycles. The smallest absolute Gasteiger partial charge is 0.337 e. The highest BCUT2D eigenvalue weighted by Gasteiger charge is 2.09. The van der Waals surface area contributed by atoms with Crippen LogP contribution in [0.5, 0.6) is 0 Å². The van der Waals surface area contributed by atoms with Crippen LogP contribution in [0.2, 0.25) is 0 Å². The molecule has 0 saturated carbocycles. The molecule has 0 bridgehead atoms. The summed E-state index contributed by atoms with van der Waals surface area (Å²) in [4.78, 5) is 35.0. The molecule has 0 unspecified atom stereocenters. The van der Waals surface area contributed by atoms with Gasteiger partial charge < -0.3 is 20.1 Å². The lowest BCUT2D eigenvalue weighted by Crippen LogP contribution is -2.24. The summed E-state index contributed by atoms with van der Waals surface area (Å²) < 4.78 is 9.48. The van der Waals surface area contributed by atoms with Crippen molar-refractivity contribution in [3.63, 3.8) is 0 Å². The van der Waals surface area contributed by atoms with Crippen molar-refractivity contribution in [1.82, 2.24) is 5.32 Å². The first-order valence-corrected chi connectivity index (χ1v) is 7.42. The highest BCUT2D eigenvalue weighted by Crippen LogP contribution is 2.11. The van der Waals surface area contributed by atoms with E-state index < -0.39 is 11.9 Å². The van der Waals surface area contributed by atoms with E-state index in [1.54, 1.807) is 38.3 Å². The number of benzene rings is 1. The minimum absolute atomic E-state index is 0.274. The van der Waals surface area contributed by atoms with Crippen molar-refractivity contribution in [2.24, 2.45) is 0 Å². The number of ether oxygens (including phenoxy) is 2. The Bertz CT molecular complexity index is 608. The van der Waals surface area contributed by atoms with Gasteiger partial charge in [0.15, 0.2) is 0 Å². The van der Waals surface area contributed by atoms with Gasteiger partial charge in [0, 0.05) is 37.6 Å². The number of hydrogen-bond donors (Lipinski definition) is 2.